The number of nitrogens with zero attached hydrogens (tertiary/aromatic N) is 3. The zero-order valence-electron chi connectivity index (χ0n) is 9.01. The van der Waals surface area contributed by atoms with Gasteiger partial charge in [0.2, 0.25) is 0 Å². The van der Waals surface area contributed by atoms with Crippen LogP contribution >= 0.6 is 0 Å². The number of aliphatic hydroxyl groups is 1. The molecule has 0 spiro atoms. The van der Waals surface area contributed by atoms with Crippen LogP contribution in [0.15, 0.2) is 12.4 Å². The summed E-state index contributed by atoms with van der Waals surface area (Å²) in [4.78, 5) is 0. The molecule has 0 saturated heterocycles. The van der Waals surface area contributed by atoms with Crippen LogP contribution in [0.3, 0.4) is 0 Å². The van der Waals surface area contributed by atoms with Crippen LogP contribution in [0.2, 0.25) is 0 Å². The number of hydrogen-bond donors (Lipinski definition) is 3. The molecule has 4 N–H and O–H groups in total. The Kier molecular flexibility index (Phi) is 2.53. The molecule has 1 unspecified atom stereocenters. The smallest absolute Gasteiger partial charge is 0.162 e. The monoisotopic (exact) mass is 223 g/mol. The van der Waals surface area contributed by atoms with Crippen LogP contribution < -0.4 is 10.5 Å². The van der Waals surface area contributed by atoms with Crippen LogP contribution in [-0.4, -0.2) is 32.2 Å². The van der Waals surface area contributed by atoms with E-state index in [1.54, 1.807) is 7.05 Å². The highest BCUT2D eigenvalue weighted by atomic mass is 16.5. The Balaban J connectivity index is 2.44. The molecule has 0 aliphatic rings. The fourth-order valence-electron chi connectivity index (χ4n) is 1.57. The normalized spacial score (nSPS) is 12.7. The van der Waals surface area contributed by atoms with E-state index in [0.29, 0.717) is 22.8 Å². The number of anilines is 1. The molecule has 0 aromatic carbocycles. The van der Waals surface area contributed by atoms with Crippen LogP contribution in [-0.2, 0) is 7.05 Å². The van der Waals surface area contributed by atoms with E-state index in [1.807, 2.05) is 0 Å². The third-order valence-electron chi connectivity index (χ3n) is 2.42. The van der Waals surface area contributed by atoms with Crippen LogP contribution in [0.4, 0.5) is 5.82 Å². The maximum Gasteiger partial charge on any atom is 0.162 e. The van der Waals surface area contributed by atoms with Crippen molar-refractivity contribution in [3.8, 4) is 5.75 Å². The summed E-state index contributed by atoms with van der Waals surface area (Å²) in [6, 6.07) is 0. The van der Waals surface area contributed by atoms with Gasteiger partial charge in [0.05, 0.1) is 19.5 Å². The van der Waals surface area contributed by atoms with E-state index < -0.39 is 6.10 Å². The summed E-state index contributed by atoms with van der Waals surface area (Å²) in [5, 5.41) is 20.5. The second-order valence-corrected chi connectivity index (χ2v) is 3.36. The standard InChI is InChI=1S/C9H13N5O2/c1-14-7(6(16-2)4-12-14)8(15)5-3-11-13-9(5)10/h3-4,8,15H,1-2H3,(H3,10,11,13). The van der Waals surface area contributed by atoms with Crippen molar-refractivity contribution in [3.63, 3.8) is 0 Å². The number of aromatic amines is 1. The van der Waals surface area contributed by atoms with Crippen LogP contribution in [0.25, 0.3) is 0 Å². The molecule has 0 radical (unpaired) electrons. The molecule has 86 valence electrons. The number of nitrogen functional groups attached to an aromatic ring is 1. The Morgan fingerprint density at radius 3 is 2.88 bits per heavy atom. The topological polar surface area (TPSA) is 102 Å². The first-order valence-corrected chi connectivity index (χ1v) is 4.67. The summed E-state index contributed by atoms with van der Waals surface area (Å²) < 4.78 is 6.65. The summed E-state index contributed by atoms with van der Waals surface area (Å²) >= 11 is 0. The molecule has 0 aliphatic heterocycles. The van der Waals surface area contributed by atoms with Gasteiger partial charge in [-0.2, -0.15) is 10.2 Å². The van der Waals surface area contributed by atoms with E-state index in [1.165, 1.54) is 24.2 Å². The predicted molar refractivity (Wildman–Crippen MR) is 56.8 cm³/mol. The number of aryl methyl sites for hydroxylation is 1. The molecule has 0 bridgehead atoms. The minimum absolute atomic E-state index is 0.329. The zero-order chi connectivity index (χ0) is 11.7. The lowest BCUT2D eigenvalue weighted by atomic mass is 10.1. The van der Waals surface area contributed by atoms with Crippen molar-refractivity contribution < 1.29 is 9.84 Å². The molecule has 2 aromatic rings. The summed E-state index contributed by atoms with van der Waals surface area (Å²) in [7, 11) is 3.24. The number of rotatable bonds is 3. The first-order chi connectivity index (χ1) is 7.65. The Morgan fingerprint density at radius 2 is 2.31 bits per heavy atom. The molecule has 0 fully saturated rings. The summed E-state index contributed by atoms with van der Waals surface area (Å²) in [6.45, 7) is 0. The van der Waals surface area contributed by atoms with Crippen molar-refractivity contribution in [3.05, 3.63) is 23.7 Å². The maximum absolute atomic E-state index is 10.2. The largest absolute Gasteiger partial charge is 0.493 e. The van der Waals surface area contributed by atoms with Gasteiger partial charge in [0.25, 0.3) is 0 Å². The summed E-state index contributed by atoms with van der Waals surface area (Å²) in [6.07, 6.45) is 2.10. The van der Waals surface area contributed by atoms with Gasteiger partial charge in [0.1, 0.15) is 17.6 Å². The number of methoxy groups -OCH3 is 1. The number of H-pyrrole nitrogens is 1. The lowest BCUT2D eigenvalue weighted by molar-refractivity contribution is 0.205. The number of ether oxygens (including phenoxy) is 1. The molecule has 2 heterocycles. The first-order valence-electron chi connectivity index (χ1n) is 4.67. The van der Waals surface area contributed by atoms with Gasteiger partial charge in [-0.15, -0.1) is 0 Å². The number of nitrogens with two attached hydrogens (primary N) is 1. The molecule has 2 aromatic heterocycles. The third kappa shape index (κ3) is 1.50. The average Bonchev–Trinajstić information content (AvgIpc) is 2.83. The highest BCUT2D eigenvalue weighted by molar-refractivity contribution is 5.44. The van der Waals surface area contributed by atoms with Gasteiger partial charge in [-0.25, -0.2) is 0 Å². The van der Waals surface area contributed by atoms with E-state index in [0.717, 1.165) is 0 Å². The lowest BCUT2D eigenvalue weighted by Gasteiger charge is -2.11. The maximum atomic E-state index is 10.2. The fraction of sp³-hybridized carbons (Fsp3) is 0.333. The van der Waals surface area contributed by atoms with E-state index >= 15 is 0 Å². The molecular formula is C9H13N5O2. The minimum atomic E-state index is -0.916. The summed E-state index contributed by atoms with van der Waals surface area (Å²) in [5.41, 5.74) is 6.68. The third-order valence-corrected chi connectivity index (χ3v) is 2.42. The molecule has 0 amide bonds. The first kappa shape index (κ1) is 10.5. The number of aliphatic hydroxyl groups excluding tert-OH is 1. The van der Waals surface area contributed by atoms with Gasteiger partial charge in [0.15, 0.2) is 5.75 Å². The highest BCUT2D eigenvalue weighted by Gasteiger charge is 2.22. The molecule has 1 atom stereocenters. The van der Waals surface area contributed by atoms with Gasteiger partial charge in [-0.3, -0.25) is 9.78 Å². The Bertz CT molecular complexity index is 490. The number of hydrogen-bond acceptors (Lipinski definition) is 5. The van der Waals surface area contributed by atoms with Gasteiger partial charge in [-0.1, -0.05) is 0 Å². The van der Waals surface area contributed by atoms with Crippen molar-refractivity contribution >= 4 is 5.82 Å². The van der Waals surface area contributed by atoms with E-state index in [9.17, 15) is 5.11 Å². The molecule has 7 heteroatoms. The molecule has 7 nitrogen and oxygen atoms in total. The van der Waals surface area contributed by atoms with E-state index in [-0.39, 0.29) is 0 Å². The second kappa shape index (κ2) is 3.86. The van der Waals surface area contributed by atoms with Crippen molar-refractivity contribution in [1.82, 2.24) is 20.0 Å². The Morgan fingerprint density at radius 1 is 1.56 bits per heavy atom. The average molecular weight is 223 g/mol. The summed E-state index contributed by atoms with van der Waals surface area (Å²) in [5.74, 6) is 0.839. The van der Waals surface area contributed by atoms with Crippen LogP contribution in [0.5, 0.6) is 5.75 Å². The second-order valence-electron chi connectivity index (χ2n) is 3.36. The lowest BCUT2D eigenvalue weighted by Crippen LogP contribution is -2.09. The molecular weight excluding hydrogens is 210 g/mol. The Hall–Kier alpha value is -2.02. The molecule has 0 aliphatic carbocycles. The van der Waals surface area contributed by atoms with Crippen molar-refractivity contribution in [2.75, 3.05) is 12.8 Å². The van der Waals surface area contributed by atoms with E-state index in [4.69, 9.17) is 10.5 Å². The number of aromatic nitrogens is 4. The van der Waals surface area contributed by atoms with Crippen LogP contribution in [0.1, 0.15) is 17.4 Å². The van der Waals surface area contributed by atoms with Gasteiger partial charge in [0, 0.05) is 12.6 Å². The van der Waals surface area contributed by atoms with Gasteiger partial charge < -0.3 is 15.6 Å². The SMILES string of the molecule is COc1cnn(C)c1C(O)c1cn[nH]c1N. The van der Waals surface area contributed by atoms with Crippen molar-refractivity contribution in [1.29, 1.82) is 0 Å². The molecule has 2 rings (SSSR count). The zero-order valence-corrected chi connectivity index (χ0v) is 9.01. The highest BCUT2D eigenvalue weighted by Crippen LogP contribution is 2.30. The number of nitrogens with one attached hydrogen (secondary N) is 1. The van der Waals surface area contributed by atoms with Crippen molar-refractivity contribution in [2.45, 2.75) is 6.10 Å². The van der Waals surface area contributed by atoms with Gasteiger partial charge in [-0.05, 0) is 0 Å². The molecule has 0 saturated carbocycles. The minimum Gasteiger partial charge on any atom is -0.493 e. The van der Waals surface area contributed by atoms with Crippen LogP contribution in [0, 0.1) is 0 Å². The predicted octanol–water partition coefficient (Wildman–Crippen LogP) is -0.184. The molecule has 16 heavy (non-hydrogen) atoms. The van der Waals surface area contributed by atoms with Crippen molar-refractivity contribution in [2.24, 2.45) is 7.05 Å². The quantitative estimate of drug-likeness (QED) is 0.669. The Labute approximate surface area is 91.8 Å². The van der Waals surface area contributed by atoms with Gasteiger partial charge >= 0.3 is 0 Å². The fourth-order valence-corrected chi connectivity index (χ4v) is 1.57. The van der Waals surface area contributed by atoms with E-state index in [2.05, 4.69) is 15.3 Å².